The number of fused-ring (bicyclic) bond motifs is 1. The van der Waals surface area contributed by atoms with E-state index in [0.29, 0.717) is 12.5 Å². The minimum absolute atomic E-state index is 0.402. The number of aromatic nitrogens is 4. The molecule has 172 valence electrons. The fraction of sp³-hybridized carbons (Fsp3) is 0.680. The molecule has 0 spiro atoms. The van der Waals surface area contributed by atoms with E-state index in [1.807, 2.05) is 12.4 Å². The number of nitrogens with zero attached hydrogens (tertiary/aromatic N) is 6. The van der Waals surface area contributed by atoms with Crippen LogP contribution in [-0.2, 0) is 24.1 Å². The van der Waals surface area contributed by atoms with E-state index in [0.717, 1.165) is 56.6 Å². The Morgan fingerprint density at radius 3 is 2.69 bits per heavy atom. The summed E-state index contributed by atoms with van der Waals surface area (Å²) in [6.07, 6.45) is 12.2. The Morgan fingerprint density at radius 1 is 1.06 bits per heavy atom. The lowest BCUT2D eigenvalue weighted by atomic mass is 9.95. The molecule has 0 N–H and O–H groups in total. The first-order valence-electron chi connectivity index (χ1n) is 12.3. The predicted octanol–water partition coefficient (Wildman–Crippen LogP) is 3.31. The van der Waals surface area contributed by atoms with Crippen molar-refractivity contribution in [2.45, 2.75) is 64.3 Å². The van der Waals surface area contributed by atoms with Gasteiger partial charge in [0.2, 0.25) is 0 Å². The normalized spacial score (nSPS) is 21.6. The fourth-order valence-corrected chi connectivity index (χ4v) is 5.14. The van der Waals surface area contributed by atoms with Crippen LogP contribution in [0.3, 0.4) is 0 Å². The fourth-order valence-electron chi connectivity index (χ4n) is 5.14. The zero-order valence-corrected chi connectivity index (χ0v) is 19.6. The molecule has 7 nitrogen and oxygen atoms in total. The van der Waals surface area contributed by atoms with Gasteiger partial charge in [0.15, 0.2) is 0 Å². The zero-order valence-electron chi connectivity index (χ0n) is 19.6. The average Bonchev–Trinajstić information content (AvgIpc) is 3.63. The van der Waals surface area contributed by atoms with E-state index in [1.54, 1.807) is 7.11 Å². The van der Waals surface area contributed by atoms with Gasteiger partial charge >= 0.3 is 0 Å². The number of hydrogen-bond acceptors (Lipinski definition) is 7. The molecule has 1 aliphatic carbocycles. The highest BCUT2D eigenvalue weighted by Crippen LogP contribution is 2.36. The highest BCUT2D eigenvalue weighted by molar-refractivity contribution is 5.51. The van der Waals surface area contributed by atoms with E-state index in [4.69, 9.17) is 14.7 Å². The molecule has 0 amide bonds. The number of aryl methyl sites for hydroxylation is 1. The Bertz CT molecular complexity index is 913. The van der Waals surface area contributed by atoms with Crippen LogP contribution in [0.1, 0.15) is 66.5 Å². The molecular formula is C25H36N6O. The summed E-state index contributed by atoms with van der Waals surface area (Å²) in [4.78, 5) is 24.3. The zero-order chi connectivity index (χ0) is 21.9. The largest absolute Gasteiger partial charge is 0.384 e. The summed E-state index contributed by atoms with van der Waals surface area (Å²) >= 11 is 0. The monoisotopic (exact) mass is 436 g/mol. The van der Waals surface area contributed by atoms with Crippen molar-refractivity contribution in [3.63, 3.8) is 0 Å². The number of piperidine rings is 1. The van der Waals surface area contributed by atoms with Gasteiger partial charge in [0.05, 0.1) is 6.61 Å². The molecule has 4 heterocycles. The lowest BCUT2D eigenvalue weighted by Crippen LogP contribution is -2.36. The smallest absolute Gasteiger partial charge is 0.135 e. The molecule has 1 saturated heterocycles. The van der Waals surface area contributed by atoms with Gasteiger partial charge in [-0.2, -0.15) is 0 Å². The van der Waals surface area contributed by atoms with E-state index in [1.165, 1.54) is 61.3 Å². The quantitative estimate of drug-likeness (QED) is 0.629. The van der Waals surface area contributed by atoms with Crippen molar-refractivity contribution >= 4 is 5.82 Å². The molecule has 32 heavy (non-hydrogen) atoms. The molecule has 0 bridgehead atoms. The summed E-state index contributed by atoms with van der Waals surface area (Å²) < 4.78 is 5.12. The summed E-state index contributed by atoms with van der Waals surface area (Å²) in [7, 11) is 1.71. The third-order valence-corrected chi connectivity index (χ3v) is 7.10. The maximum Gasteiger partial charge on any atom is 0.135 e. The SMILES string of the molecule is COCCc1ncc(CN2CCC[C@@H](c3nc(C)c4c(n3)N(CC3CC3)CCC4)C2)cn1. The van der Waals surface area contributed by atoms with Crippen LogP contribution in [0.4, 0.5) is 5.82 Å². The second kappa shape index (κ2) is 9.79. The number of anilines is 1. The van der Waals surface area contributed by atoms with Gasteiger partial charge in [-0.25, -0.2) is 19.9 Å². The van der Waals surface area contributed by atoms with Gasteiger partial charge in [-0.05, 0) is 57.9 Å². The van der Waals surface area contributed by atoms with E-state index < -0.39 is 0 Å². The van der Waals surface area contributed by atoms with Crippen molar-refractivity contribution in [3.05, 3.63) is 40.9 Å². The third kappa shape index (κ3) is 5.09. The van der Waals surface area contributed by atoms with Crippen LogP contribution in [0.15, 0.2) is 12.4 Å². The van der Waals surface area contributed by atoms with Crippen molar-refractivity contribution in [2.75, 3.05) is 44.8 Å². The summed E-state index contributed by atoms with van der Waals surface area (Å²) in [5.74, 6) is 4.43. The summed E-state index contributed by atoms with van der Waals surface area (Å²) in [5, 5.41) is 0. The first-order chi connectivity index (χ1) is 15.7. The van der Waals surface area contributed by atoms with E-state index in [2.05, 4.69) is 26.7 Å². The Morgan fingerprint density at radius 2 is 1.91 bits per heavy atom. The minimum atomic E-state index is 0.402. The van der Waals surface area contributed by atoms with E-state index in [-0.39, 0.29) is 0 Å². The molecular weight excluding hydrogens is 400 g/mol. The predicted molar refractivity (Wildman–Crippen MR) is 125 cm³/mol. The van der Waals surface area contributed by atoms with Crippen LogP contribution in [-0.4, -0.2) is 64.7 Å². The van der Waals surface area contributed by atoms with Crippen LogP contribution in [0.5, 0.6) is 0 Å². The Balaban J connectivity index is 1.27. The van der Waals surface area contributed by atoms with Crippen LogP contribution in [0.25, 0.3) is 0 Å². The van der Waals surface area contributed by atoms with Gasteiger partial charge in [0.1, 0.15) is 17.5 Å². The van der Waals surface area contributed by atoms with Gasteiger partial charge in [0.25, 0.3) is 0 Å². The number of likely N-dealkylation sites (tertiary alicyclic amines) is 1. The van der Waals surface area contributed by atoms with Crippen LogP contribution in [0, 0.1) is 12.8 Å². The first-order valence-corrected chi connectivity index (χ1v) is 12.3. The molecule has 0 unspecified atom stereocenters. The van der Waals surface area contributed by atoms with Crippen molar-refractivity contribution in [1.29, 1.82) is 0 Å². The number of methoxy groups -OCH3 is 1. The van der Waals surface area contributed by atoms with Crippen molar-refractivity contribution in [2.24, 2.45) is 5.92 Å². The van der Waals surface area contributed by atoms with Crippen molar-refractivity contribution in [3.8, 4) is 0 Å². The van der Waals surface area contributed by atoms with Gasteiger partial charge in [-0.15, -0.1) is 0 Å². The van der Waals surface area contributed by atoms with E-state index >= 15 is 0 Å². The topological polar surface area (TPSA) is 67.3 Å². The first kappa shape index (κ1) is 21.7. The molecule has 0 radical (unpaired) electrons. The number of hydrogen-bond donors (Lipinski definition) is 0. The average molecular weight is 437 g/mol. The van der Waals surface area contributed by atoms with Crippen molar-refractivity contribution < 1.29 is 4.74 Å². The molecule has 5 rings (SSSR count). The minimum Gasteiger partial charge on any atom is -0.384 e. The lowest BCUT2D eigenvalue weighted by molar-refractivity contribution is 0.195. The molecule has 2 aliphatic heterocycles. The second-order valence-electron chi connectivity index (χ2n) is 9.79. The second-order valence-corrected chi connectivity index (χ2v) is 9.79. The molecule has 2 fully saturated rings. The highest BCUT2D eigenvalue weighted by atomic mass is 16.5. The maximum absolute atomic E-state index is 5.19. The third-order valence-electron chi connectivity index (χ3n) is 7.10. The Hall–Kier alpha value is -2.12. The highest BCUT2D eigenvalue weighted by Gasteiger charge is 2.31. The van der Waals surface area contributed by atoms with Gasteiger partial charge < -0.3 is 9.64 Å². The number of rotatable bonds is 8. The van der Waals surface area contributed by atoms with Crippen molar-refractivity contribution in [1.82, 2.24) is 24.8 Å². The molecule has 7 heteroatoms. The summed E-state index contributed by atoms with van der Waals surface area (Å²) in [5.41, 5.74) is 3.76. The Labute approximate surface area is 191 Å². The van der Waals surface area contributed by atoms with Gasteiger partial charge in [0, 0.05) is 74.8 Å². The summed E-state index contributed by atoms with van der Waals surface area (Å²) in [6, 6.07) is 0. The van der Waals surface area contributed by atoms with Crippen LogP contribution >= 0.6 is 0 Å². The van der Waals surface area contributed by atoms with Gasteiger partial charge in [-0.1, -0.05) is 0 Å². The standard InChI is InChI=1S/C25H36N6O/c1-18-22-6-4-11-31(16-19-7-8-19)25(22)29-24(28-18)21-5-3-10-30(17-21)15-20-13-26-23(27-14-20)9-12-32-2/h13-14,19,21H,3-12,15-17H2,1-2H3/t21-/m1/s1. The molecule has 2 aromatic heterocycles. The Kier molecular flexibility index (Phi) is 6.64. The van der Waals surface area contributed by atoms with E-state index in [9.17, 15) is 0 Å². The molecule has 3 aliphatic rings. The number of ether oxygens (including phenoxy) is 1. The van der Waals surface area contributed by atoms with Crippen LogP contribution < -0.4 is 4.90 Å². The van der Waals surface area contributed by atoms with Gasteiger partial charge in [-0.3, -0.25) is 4.90 Å². The lowest BCUT2D eigenvalue weighted by Gasteiger charge is -2.34. The molecule has 1 saturated carbocycles. The molecule has 1 atom stereocenters. The van der Waals surface area contributed by atoms with Crippen LogP contribution in [0.2, 0.25) is 0 Å². The molecule has 0 aromatic carbocycles. The summed E-state index contributed by atoms with van der Waals surface area (Å²) in [6.45, 7) is 8.18. The maximum atomic E-state index is 5.19. The molecule has 2 aromatic rings.